The summed E-state index contributed by atoms with van der Waals surface area (Å²) in [5.74, 6) is -1.07. The Kier molecular flexibility index (Phi) is 9.44. The number of hydrogen-bond donors (Lipinski definition) is 3. The maximum absolute atomic E-state index is 13.5. The molecule has 2 amide bonds. The van der Waals surface area contributed by atoms with Gasteiger partial charge in [-0.2, -0.15) is 0 Å². The molecule has 1 unspecified atom stereocenters. The van der Waals surface area contributed by atoms with Crippen LogP contribution in [-0.4, -0.2) is 68.7 Å². The second-order valence-corrected chi connectivity index (χ2v) is 9.01. The molecular weight excluding hydrogens is 524 g/mol. The van der Waals surface area contributed by atoms with Crippen molar-refractivity contribution in [1.82, 2.24) is 24.2 Å². The van der Waals surface area contributed by atoms with E-state index in [-0.39, 0.29) is 60.0 Å². The van der Waals surface area contributed by atoms with Crippen LogP contribution in [0.25, 0.3) is 11.2 Å². The molecule has 0 radical (unpaired) electrons. The maximum Gasteiger partial charge on any atom is 0.255 e. The molecule has 3 aromatic rings. The lowest BCUT2D eigenvalue weighted by Gasteiger charge is -2.20. The van der Waals surface area contributed by atoms with Crippen LogP contribution < -0.4 is 10.6 Å². The van der Waals surface area contributed by atoms with Gasteiger partial charge >= 0.3 is 0 Å². The first-order chi connectivity index (χ1) is 17.7. The SMILES string of the molecule is CC.CNc1cc(Cl)ccc1C(=N)c1cnc2c(n1)c(C(=O)N[C@H](C)C(=O)N1CCC(F)C1)cn2SF. The molecule has 1 aromatic carbocycles. The Balaban J connectivity index is 0.00000186. The summed E-state index contributed by atoms with van der Waals surface area (Å²) in [4.78, 5) is 35.6. The first-order valence-corrected chi connectivity index (χ1v) is 12.8. The minimum absolute atomic E-state index is 0.00685. The number of aromatic nitrogens is 3. The number of benzene rings is 1. The second kappa shape index (κ2) is 12.3. The molecule has 0 bridgehead atoms. The van der Waals surface area contributed by atoms with Gasteiger partial charge in [0.1, 0.15) is 23.4 Å². The molecule has 3 N–H and O–H groups in total. The highest BCUT2D eigenvalue weighted by Gasteiger charge is 2.30. The number of hydrogen-bond acceptors (Lipinski definition) is 7. The predicted octanol–water partition coefficient (Wildman–Crippen LogP) is 4.64. The normalized spacial score (nSPS) is 15.6. The summed E-state index contributed by atoms with van der Waals surface area (Å²) < 4.78 is 28.0. The monoisotopic (exact) mass is 551 g/mol. The Morgan fingerprint density at radius 2 is 2.03 bits per heavy atom. The van der Waals surface area contributed by atoms with Crippen LogP contribution >= 0.6 is 23.9 Å². The number of alkyl halides is 1. The highest BCUT2D eigenvalue weighted by Crippen LogP contribution is 2.26. The molecule has 37 heavy (non-hydrogen) atoms. The minimum atomic E-state index is -1.07. The summed E-state index contributed by atoms with van der Waals surface area (Å²) in [7, 11) is 1.69. The van der Waals surface area contributed by atoms with Crippen molar-refractivity contribution in [2.45, 2.75) is 39.4 Å². The fraction of sp³-hybridized carbons (Fsp3) is 0.375. The van der Waals surface area contributed by atoms with Gasteiger partial charge in [0, 0.05) is 36.1 Å². The number of rotatable bonds is 7. The Labute approximate surface area is 222 Å². The van der Waals surface area contributed by atoms with E-state index in [1.165, 1.54) is 24.2 Å². The Bertz CT molecular complexity index is 1320. The number of amides is 2. The van der Waals surface area contributed by atoms with Crippen LogP contribution in [-0.2, 0) is 4.79 Å². The van der Waals surface area contributed by atoms with Crippen molar-refractivity contribution in [1.29, 1.82) is 5.41 Å². The van der Waals surface area contributed by atoms with Crippen LogP contribution in [0.15, 0.2) is 30.6 Å². The third-order valence-corrected chi connectivity index (χ3v) is 6.38. The fourth-order valence-corrected chi connectivity index (χ4v) is 4.43. The molecule has 13 heteroatoms. The molecule has 0 spiro atoms. The maximum atomic E-state index is 13.5. The number of nitrogens with one attached hydrogen (secondary N) is 3. The van der Waals surface area contributed by atoms with Crippen LogP contribution in [0.3, 0.4) is 0 Å². The van der Waals surface area contributed by atoms with E-state index < -0.39 is 24.0 Å². The first-order valence-electron chi connectivity index (χ1n) is 11.7. The molecule has 0 saturated carbocycles. The lowest BCUT2D eigenvalue weighted by Crippen LogP contribution is -2.46. The molecule has 2 aromatic heterocycles. The number of halogens is 3. The van der Waals surface area contributed by atoms with Crippen LogP contribution in [0, 0.1) is 5.41 Å². The van der Waals surface area contributed by atoms with E-state index in [4.69, 9.17) is 17.0 Å². The highest BCUT2D eigenvalue weighted by atomic mass is 35.5. The molecule has 198 valence electrons. The van der Waals surface area contributed by atoms with Crippen LogP contribution in [0.2, 0.25) is 5.02 Å². The van der Waals surface area contributed by atoms with Gasteiger partial charge in [-0.15, -0.1) is 3.89 Å². The highest BCUT2D eigenvalue weighted by molar-refractivity contribution is 7.92. The van der Waals surface area contributed by atoms with Gasteiger partial charge in [-0.3, -0.25) is 15.0 Å². The number of carbonyl (C=O) groups is 2. The predicted molar refractivity (Wildman–Crippen MR) is 143 cm³/mol. The van der Waals surface area contributed by atoms with Gasteiger partial charge < -0.3 is 15.5 Å². The van der Waals surface area contributed by atoms with Gasteiger partial charge in [0.05, 0.1) is 24.0 Å². The zero-order valence-electron chi connectivity index (χ0n) is 20.8. The Morgan fingerprint density at radius 1 is 1.30 bits per heavy atom. The Morgan fingerprint density at radius 3 is 2.65 bits per heavy atom. The van der Waals surface area contributed by atoms with E-state index in [2.05, 4.69) is 20.6 Å². The van der Waals surface area contributed by atoms with E-state index in [0.29, 0.717) is 16.3 Å². The molecule has 9 nitrogen and oxygen atoms in total. The standard InChI is InChI=1S/C22H22ClF2N7O2S.C2H6/c1-11(22(34)31-6-5-13(24)9-31)29-21(33)15-10-32(35-25)20-19(15)30-17(8-28-20)18(26)14-4-3-12(23)7-16(14)27-2;1-2/h3-4,7-8,10-11,13,26-27H,5-6,9H2,1-2H3,(H,29,33);1-2H3/t11-,13?;/m1./s1. The van der Waals surface area contributed by atoms with Crippen LogP contribution in [0.1, 0.15) is 48.8 Å². The van der Waals surface area contributed by atoms with Crippen molar-refractivity contribution >= 4 is 58.3 Å². The summed E-state index contributed by atoms with van der Waals surface area (Å²) >= 11 is 5.88. The average Bonchev–Trinajstić information content (AvgIpc) is 3.51. The van der Waals surface area contributed by atoms with Crippen molar-refractivity contribution in [2.24, 2.45) is 0 Å². The first kappa shape index (κ1) is 28.3. The van der Waals surface area contributed by atoms with Crippen LogP contribution in [0.5, 0.6) is 0 Å². The number of anilines is 1. The smallest absolute Gasteiger partial charge is 0.255 e. The summed E-state index contributed by atoms with van der Waals surface area (Å²) in [5.41, 5.74) is 1.42. The van der Waals surface area contributed by atoms with E-state index in [1.807, 2.05) is 13.8 Å². The van der Waals surface area contributed by atoms with Crippen molar-refractivity contribution in [2.75, 3.05) is 25.5 Å². The van der Waals surface area contributed by atoms with Crippen LogP contribution in [0.4, 0.5) is 14.0 Å². The molecule has 0 aliphatic carbocycles. The largest absolute Gasteiger partial charge is 0.388 e. The minimum Gasteiger partial charge on any atom is -0.388 e. The van der Waals surface area contributed by atoms with Gasteiger partial charge in [0.2, 0.25) is 5.91 Å². The molecule has 3 heterocycles. The third kappa shape index (κ3) is 6.02. The molecule has 1 saturated heterocycles. The molecule has 1 fully saturated rings. The molecular formula is C24H28ClF2N7O2S. The molecule has 4 rings (SSSR count). The van der Waals surface area contributed by atoms with Gasteiger partial charge in [0.15, 0.2) is 18.0 Å². The Hall–Kier alpha value is -3.25. The number of likely N-dealkylation sites (tertiary alicyclic amines) is 1. The molecule has 1 aliphatic rings. The van der Waals surface area contributed by atoms with Crippen molar-refractivity contribution in [3.05, 3.63) is 52.4 Å². The zero-order chi connectivity index (χ0) is 27.3. The average molecular weight is 552 g/mol. The lowest BCUT2D eigenvalue weighted by atomic mass is 10.1. The number of nitrogens with zero attached hydrogens (tertiary/aromatic N) is 4. The summed E-state index contributed by atoms with van der Waals surface area (Å²) in [6, 6.07) is 4.03. The third-order valence-electron chi connectivity index (χ3n) is 5.72. The zero-order valence-corrected chi connectivity index (χ0v) is 22.4. The van der Waals surface area contributed by atoms with Gasteiger partial charge in [-0.1, -0.05) is 25.4 Å². The van der Waals surface area contributed by atoms with Crippen molar-refractivity contribution in [3.8, 4) is 0 Å². The summed E-state index contributed by atoms with van der Waals surface area (Å²) in [6.45, 7) is 5.78. The molecule has 1 aliphatic heterocycles. The van der Waals surface area contributed by atoms with Gasteiger partial charge in [0.25, 0.3) is 5.91 Å². The summed E-state index contributed by atoms with van der Waals surface area (Å²) in [6.07, 6.45) is 1.74. The second-order valence-electron chi connectivity index (χ2n) is 8.05. The molecule has 2 atom stereocenters. The topological polar surface area (TPSA) is 116 Å². The van der Waals surface area contributed by atoms with Gasteiger partial charge in [-0.05, 0) is 31.5 Å². The number of carbonyl (C=O) groups excluding carboxylic acids is 2. The number of fused-ring (bicyclic) bond motifs is 1. The van der Waals surface area contributed by atoms with E-state index >= 15 is 0 Å². The lowest BCUT2D eigenvalue weighted by molar-refractivity contribution is -0.131. The van der Waals surface area contributed by atoms with E-state index in [0.717, 1.165) is 3.97 Å². The van der Waals surface area contributed by atoms with Crippen molar-refractivity contribution < 1.29 is 17.9 Å². The fourth-order valence-electron chi connectivity index (χ4n) is 3.91. The van der Waals surface area contributed by atoms with Crippen molar-refractivity contribution in [3.63, 3.8) is 0 Å². The van der Waals surface area contributed by atoms with E-state index in [1.54, 1.807) is 25.2 Å². The summed E-state index contributed by atoms with van der Waals surface area (Å²) in [5, 5.41) is 14.7. The van der Waals surface area contributed by atoms with Gasteiger partial charge in [-0.25, -0.2) is 18.3 Å². The van der Waals surface area contributed by atoms with E-state index in [9.17, 15) is 17.9 Å². The quantitative estimate of drug-likeness (QED) is 0.368.